The van der Waals surface area contributed by atoms with Crippen LogP contribution >= 0.6 is 38.6 Å². The fourth-order valence-electron chi connectivity index (χ4n) is 5.26. The highest BCUT2D eigenvalue weighted by molar-refractivity contribution is 8.44. The van der Waals surface area contributed by atoms with Crippen LogP contribution in [0.25, 0.3) is 16.9 Å². The van der Waals surface area contributed by atoms with Crippen LogP contribution in [0.3, 0.4) is 0 Å². The number of aromatic nitrogens is 6. The molecule has 6 heterocycles. The first-order valence-corrected chi connectivity index (χ1v) is 18.4. The summed E-state index contributed by atoms with van der Waals surface area (Å²) >= 11 is 4.83. The summed E-state index contributed by atoms with van der Waals surface area (Å²) in [6, 6.07) is 0. The number of nitrogens with zero attached hydrogens (tertiary/aromatic N) is 6. The van der Waals surface area contributed by atoms with E-state index in [0.29, 0.717) is 0 Å². The largest absolute Gasteiger partial charge is 0.472 e. The summed E-state index contributed by atoms with van der Waals surface area (Å²) < 4.78 is 88.7. The van der Waals surface area contributed by atoms with E-state index in [9.17, 15) is 18.8 Å². The molecule has 250 valence electrons. The number of fused-ring (bicyclic) bond motifs is 4. The number of ether oxygens (including phenoxy) is 1. The second-order valence-electron chi connectivity index (χ2n) is 10.3. The van der Waals surface area contributed by atoms with Gasteiger partial charge in [0.25, 0.3) is 5.56 Å². The number of rotatable bonds is 4. The van der Waals surface area contributed by atoms with Crippen LogP contribution < -0.4 is 17.0 Å². The van der Waals surface area contributed by atoms with Crippen molar-refractivity contribution in [2.75, 3.05) is 25.6 Å². The Hall–Kier alpha value is -2.65. The van der Waals surface area contributed by atoms with Crippen LogP contribution in [0.5, 0.6) is 0 Å². The number of H-pyrrole nitrogens is 1. The zero-order valence-electron chi connectivity index (χ0n) is 23.6. The fourth-order valence-corrected chi connectivity index (χ4v) is 9.36. The zero-order valence-corrected chi connectivity index (χ0v) is 27.1. The molecule has 6 N–H and O–H groups in total. The van der Waals surface area contributed by atoms with E-state index in [2.05, 4.69) is 43.9 Å². The Kier molecular flexibility index (Phi) is 8.75. The summed E-state index contributed by atoms with van der Waals surface area (Å²) in [6.07, 6.45) is -3.39. The Labute approximate surface area is 267 Å². The Morgan fingerprint density at radius 1 is 1.33 bits per heavy atom. The number of nitrogen functional groups attached to an aromatic ring is 1. The summed E-state index contributed by atoms with van der Waals surface area (Å²) in [7, 11) is -5.18. The molecule has 2 bridgehead atoms. The average Bonchev–Trinajstić information content (AvgIpc) is 3.75. The lowest BCUT2D eigenvalue weighted by atomic mass is 10.1. The molecule has 24 heteroatoms. The number of allylic oxidation sites excluding steroid dienone is 1. The fraction of sp³-hybridized carbons (Fsp3) is 0.500. The third-order valence-corrected chi connectivity index (χ3v) is 11.5. The highest BCUT2D eigenvalue weighted by Crippen LogP contribution is 2.61. The molecule has 3 aliphatic heterocycles. The highest BCUT2D eigenvalue weighted by Gasteiger charge is 2.58. The molecule has 2 unspecified atom stereocenters. The van der Waals surface area contributed by atoms with Crippen LogP contribution in [0.15, 0.2) is 28.5 Å². The molecule has 3 aliphatic rings. The number of hydrogen-bond donors (Lipinski definition) is 5. The van der Waals surface area contributed by atoms with Crippen LogP contribution in [0.1, 0.15) is 18.0 Å². The van der Waals surface area contributed by atoms with Crippen molar-refractivity contribution >= 4 is 74.0 Å². The number of phosphoric ester groups is 1. The first-order chi connectivity index (χ1) is 21.7. The van der Waals surface area contributed by atoms with E-state index in [-0.39, 0.29) is 34.3 Å². The third-order valence-electron chi connectivity index (χ3n) is 7.45. The molecule has 3 aromatic rings. The minimum Gasteiger partial charge on any atom is -0.397 e. The van der Waals surface area contributed by atoms with E-state index in [4.69, 9.17) is 34.3 Å². The van der Waals surface area contributed by atoms with Crippen molar-refractivity contribution in [3.8, 4) is 0 Å². The highest BCUT2D eigenvalue weighted by atomic mass is 32.7. The molecule has 6 rings (SSSR count). The van der Waals surface area contributed by atoms with Gasteiger partial charge in [-0.05, 0) is 13.6 Å². The normalized spacial score (nSPS) is 37.4. The van der Waals surface area contributed by atoms with Crippen molar-refractivity contribution in [1.29, 1.82) is 0 Å². The van der Waals surface area contributed by atoms with E-state index >= 15 is 8.78 Å². The molecule has 0 saturated carbocycles. The first kappa shape index (κ1) is 33.3. The molecule has 3 aromatic heterocycles. The van der Waals surface area contributed by atoms with Gasteiger partial charge < -0.3 is 21.1 Å². The van der Waals surface area contributed by atoms with Gasteiger partial charge in [-0.2, -0.15) is 4.98 Å². The van der Waals surface area contributed by atoms with Crippen LogP contribution in [0, 0.1) is 0 Å². The van der Waals surface area contributed by atoms with E-state index in [0.717, 1.165) is 22.7 Å². The Balaban J connectivity index is 1.35. The lowest BCUT2D eigenvalue weighted by molar-refractivity contribution is -0.0472. The quantitative estimate of drug-likeness (QED) is 0.147. The van der Waals surface area contributed by atoms with Gasteiger partial charge in [-0.25, -0.2) is 32.9 Å². The number of nitrogens with two attached hydrogens (primary N) is 2. The SMILES string of the molecule is C=Nc1c(/C(N)=C\C)ncn1[C@]1(F)CO[C@@H]2COP(=O)(S)O[C@@H]3[C@@H](F)[C@@H](COP(=O)(O)O[C@H]21)S[C@H]3n1cnc2c(=O)[nH]c(N)nc21. The lowest BCUT2D eigenvalue weighted by Gasteiger charge is -2.31. The summed E-state index contributed by atoms with van der Waals surface area (Å²) in [6.45, 7) is -1.74. The molecule has 0 aromatic carbocycles. The summed E-state index contributed by atoms with van der Waals surface area (Å²) in [5.41, 5.74) is 11.0. The van der Waals surface area contributed by atoms with Gasteiger partial charge in [-0.1, -0.05) is 18.3 Å². The molecule has 3 saturated heterocycles. The van der Waals surface area contributed by atoms with Crippen molar-refractivity contribution < 1.29 is 45.6 Å². The molecule has 3 fully saturated rings. The smallest absolute Gasteiger partial charge is 0.397 e. The summed E-state index contributed by atoms with van der Waals surface area (Å²) in [5, 5.41) is -2.38. The predicted molar refractivity (Wildman–Crippen MR) is 164 cm³/mol. The molecule has 18 nitrogen and oxygen atoms in total. The molecule has 46 heavy (non-hydrogen) atoms. The minimum atomic E-state index is -5.18. The number of hydrogen-bond acceptors (Lipinski definition) is 15. The number of thiol groups is 1. The lowest BCUT2D eigenvalue weighted by Crippen LogP contribution is -2.45. The van der Waals surface area contributed by atoms with Gasteiger partial charge in [0.2, 0.25) is 11.7 Å². The number of aliphatic imine (C=N–C) groups is 1. The predicted octanol–water partition coefficient (Wildman–Crippen LogP) is 2.18. The topological polar surface area (TPSA) is 246 Å². The van der Waals surface area contributed by atoms with Crippen molar-refractivity contribution in [3.63, 3.8) is 0 Å². The number of imidazole rings is 2. The van der Waals surface area contributed by atoms with E-state index < -0.39 is 80.9 Å². The van der Waals surface area contributed by atoms with Gasteiger partial charge in [0, 0.05) is 0 Å². The van der Waals surface area contributed by atoms with Crippen LogP contribution in [-0.4, -0.2) is 90.2 Å². The number of halogens is 2. The standard InChI is InChI=1S/C22H27F2N9O9P2S2/c1-3-9(25)13-17(27-2)33(8-29-13)22(24)6-38-10-4-40-44(37,45)41-15-12(23)11(5-39-43(35,36)42-16(10)22)46-20(15)32-7-28-14-18(32)30-21(26)31-19(14)34/h3,7-8,10-12,15-16,20H,2,4-6,25H2,1H3,(H,35,36)(H,37,45)(H3,26,30,31,34)/b9-3+/t10-,11-,12+,15-,16-,20-,22-,44?/m1/s1. The molecule has 0 amide bonds. The van der Waals surface area contributed by atoms with Crippen molar-refractivity contribution in [3.05, 3.63) is 34.8 Å². The zero-order chi connectivity index (χ0) is 33.2. The molecule has 0 radical (unpaired) electrons. The van der Waals surface area contributed by atoms with Gasteiger partial charge in [0.1, 0.15) is 36.1 Å². The Morgan fingerprint density at radius 3 is 2.80 bits per heavy atom. The van der Waals surface area contributed by atoms with E-state index in [1.54, 1.807) is 6.92 Å². The Morgan fingerprint density at radius 2 is 2.09 bits per heavy atom. The van der Waals surface area contributed by atoms with Crippen molar-refractivity contribution in [2.24, 2.45) is 10.7 Å². The third kappa shape index (κ3) is 5.84. The average molecular weight is 726 g/mol. The van der Waals surface area contributed by atoms with Crippen LogP contribution in [-0.2, 0) is 37.8 Å². The number of aromatic amines is 1. The monoisotopic (exact) mass is 725 g/mol. The second kappa shape index (κ2) is 12.1. The number of thioether (sulfide) groups is 1. The van der Waals surface area contributed by atoms with E-state index in [1.807, 2.05) is 0 Å². The number of anilines is 1. The molecule has 0 spiro atoms. The maximum absolute atomic E-state index is 16.9. The van der Waals surface area contributed by atoms with Gasteiger partial charge in [-0.3, -0.25) is 37.0 Å². The van der Waals surface area contributed by atoms with Gasteiger partial charge in [0.15, 0.2) is 23.1 Å². The summed E-state index contributed by atoms with van der Waals surface area (Å²) in [5.74, 6) is -3.16. The molecule has 0 aliphatic carbocycles. The maximum atomic E-state index is 16.9. The van der Waals surface area contributed by atoms with Crippen molar-refractivity contribution in [2.45, 2.75) is 47.8 Å². The van der Waals surface area contributed by atoms with Gasteiger partial charge in [0.05, 0.1) is 36.8 Å². The second-order valence-corrected chi connectivity index (χ2v) is 15.9. The van der Waals surface area contributed by atoms with Crippen molar-refractivity contribution in [1.82, 2.24) is 29.1 Å². The van der Waals surface area contributed by atoms with Gasteiger partial charge >= 0.3 is 14.6 Å². The first-order valence-electron chi connectivity index (χ1n) is 13.3. The minimum absolute atomic E-state index is 0.0398. The number of phosphoric acid groups is 1. The van der Waals surface area contributed by atoms with Gasteiger partial charge in [-0.15, -0.1) is 11.8 Å². The van der Waals surface area contributed by atoms with E-state index in [1.165, 1.54) is 17.0 Å². The Bertz CT molecular complexity index is 1880. The molecular weight excluding hydrogens is 698 g/mol. The number of alkyl halides is 2. The molecule has 9 atom stereocenters. The van der Waals surface area contributed by atoms with Crippen LogP contribution in [0.2, 0.25) is 0 Å². The molecular formula is C22H27F2N9O9P2S2. The number of nitrogens with one attached hydrogen (secondary N) is 1. The maximum Gasteiger partial charge on any atom is 0.472 e. The summed E-state index contributed by atoms with van der Waals surface area (Å²) in [4.78, 5) is 41.3. The van der Waals surface area contributed by atoms with Crippen LogP contribution in [0.4, 0.5) is 20.5 Å².